The van der Waals surface area contributed by atoms with Crippen molar-refractivity contribution in [3.05, 3.63) is 40.2 Å². The normalized spacial score (nSPS) is 13.5. The molecule has 106 valence electrons. The maximum Gasteiger partial charge on any atom is 0.415 e. The molecule has 0 fully saturated rings. The number of anilines is 1. The number of nitrogens with zero attached hydrogens (tertiary/aromatic N) is 1. The highest BCUT2D eigenvalue weighted by molar-refractivity contribution is 5.94. The van der Waals surface area contributed by atoms with Crippen molar-refractivity contribution in [1.29, 1.82) is 0 Å². The van der Waals surface area contributed by atoms with Crippen LogP contribution in [0.3, 0.4) is 0 Å². The second kappa shape index (κ2) is 5.60. The predicted molar refractivity (Wildman–Crippen MR) is 71.2 cm³/mol. The molecule has 0 bridgehead atoms. The molecule has 1 amide bonds. The summed E-state index contributed by atoms with van der Waals surface area (Å²) in [5.74, 6) is -0.983. The van der Waals surface area contributed by atoms with Gasteiger partial charge in [0, 0.05) is 18.2 Å². The van der Waals surface area contributed by atoms with Crippen LogP contribution in [-0.2, 0) is 11.2 Å². The van der Waals surface area contributed by atoms with E-state index in [1.165, 1.54) is 11.0 Å². The third kappa shape index (κ3) is 2.56. The molecule has 0 unspecified atom stereocenters. The van der Waals surface area contributed by atoms with Gasteiger partial charge in [-0.2, -0.15) is 0 Å². The largest absolute Gasteiger partial charge is 0.478 e. The van der Waals surface area contributed by atoms with Gasteiger partial charge < -0.3 is 14.8 Å². The van der Waals surface area contributed by atoms with Gasteiger partial charge in [0.1, 0.15) is 12.4 Å². The minimum absolute atomic E-state index is 0.0491. The number of nitrogens with one attached hydrogen (secondary N) is 1. The number of carbonyl (C=O) groups excluding carboxylic acids is 1. The van der Waals surface area contributed by atoms with Crippen LogP contribution in [-0.4, -0.2) is 35.3 Å². The van der Waals surface area contributed by atoms with E-state index in [4.69, 9.17) is 9.84 Å². The van der Waals surface area contributed by atoms with Crippen molar-refractivity contribution in [1.82, 2.24) is 4.98 Å². The topological polar surface area (TPSA) is 99.7 Å². The van der Waals surface area contributed by atoms with Crippen LogP contribution in [0.15, 0.2) is 23.5 Å². The summed E-state index contributed by atoms with van der Waals surface area (Å²) in [5, 5.41) is 9.13. The van der Waals surface area contributed by atoms with Crippen LogP contribution >= 0.6 is 0 Å². The Labute approximate surface area is 114 Å². The van der Waals surface area contributed by atoms with Crippen LogP contribution in [0.4, 0.5) is 10.6 Å². The van der Waals surface area contributed by atoms with Crippen molar-refractivity contribution in [2.75, 3.05) is 18.1 Å². The zero-order valence-electron chi connectivity index (χ0n) is 10.7. The summed E-state index contributed by atoms with van der Waals surface area (Å²) >= 11 is 0. The number of amides is 1. The van der Waals surface area contributed by atoms with Gasteiger partial charge in [-0.1, -0.05) is 12.7 Å². The minimum atomic E-state index is -1.19. The Morgan fingerprint density at radius 1 is 1.55 bits per heavy atom. The zero-order valence-corrected chi connectivity index (χ0v) is 10.7. The Morgan fingerprint density at radius 3 is 2.95 bits per heavy atom. The average Bonchev–Trinajstić information content (AvgIpc) is 2.43. The number of hydrogen-bond donors (Lipinski definition) is 2. The monoisotopic (exact) mass is 278 g/mol. The number of fused-ring (bicyclic) bond motifs is 1. The van der Waals surface area contributed by atoms with Crippen molar-refractivity contribution in [3.8, 4) is 0 Å². The van der Waals surface area contributed by atoms with Crippen LogP contribution in [0.2, 0.25) is 0 Å². The number of aromatic amines is 1. The highest BCUT2D eigenvalue weighted by Crippen LogP contribution is 2.27. The first-order valence-electron chi connectivity index (χ1n) is 6.09. The molecule has 1 aromatic heterocycles. The third-order valence-corrected chi connectivity index (χ3v) is 2.98. The number of aromatic nitrogens is 1. The fraction of sp³-hybridized carbons (Fsp3) is 0.308. The number of carboxylic acid groups (broad SMARTS) is 1. The number of carbonyl (C=O) groups is 2. The molecule has 0 aliphatic carbocycles. The molecule has 1 aliphatic heterocycles. The van der Waals surface area contributed by atoms with E-state index in [9.17, 15) is 14.4 Å². The third-order valence-electron chi connectivity index (χ3n) is 2.98. The number of rotatable bonds is 3. The molecular formula is C13H14N2O5. The van der Waals surface area contributed by atoms with E-state index in [2.05, 4.69) is 11.6 Å². The van der Waals surface area contributed by atoms with Crippen molar-refractivity contribution in [2.24, 2.45) is 0 Å². The number of H-pyrrole nitrogens is 1. The molecule has 2 rings (SSSR count). The summed E-state index contributed by atoms with van der Waals surface area (Å²) < 4.78 is 4.93. The van der Waals surface area contributed by atoms with E-state index in [0.29, 0.717) is 24.9 Å². The Kier molecular flexibility index (Phi) is 3.88. The molecule has 0 spiro atoms. The van der Waals surface area contributed by atoms with Gasteiger partial charge in [-0.25, -0.2) is 9.59 Å². The zero-order chi connectivity index (χ0) is 14.7. The first kappa shape index (κ1) is 13.9. The first-order valence-corrected chi connectivity index (χ1v) is 6.09. The Balaban J connectivity index is 2.45. The predicted octanol–water partition coefficient (Wildman–Crippen LogP) is 1.15. The maximum atomic E-state index is 11.9. The number of aromatic carboxylic acids is 1. The molecule has 0 saturated carbocycles. The Bertz CT molecular complexity index is 620. The molecule has 7 nitrogen and oxygen atoms in total. The highest BCUT2D eigenvalue weighted by atomic mass is 16.6. The second-order valence-corrected chi connectivity index (χ2v) is 4.30. The summed E-state index contributed by atoms with van der Waals surface area (Å²) in [4.78, 5) is 38.4. The lowest BCUT2D eigenvalue weighted by atomic mass is 10.0. The summed E-state index contributed by atoms with van der Waals surface area (Å²) in [6.07, 6.45) is 1.88. The number of hydrogen-bond acceptors (Lipinski definition) is 4. The molecular weight excluding hydrogens is 264 g/mol. The van der Waals surface area contributed by atoms with Crippen LogP contribution in [0.5, 0.6) is 0 Å². The maximum absolute atomic E-state index is 11.9. The lowest BCUT2D eigenvalue weighted by molar-refractivity contribution is 0.0695. The first-order chi connectivity index (χ1) is 9.54. The van der Waals surface area contributed by atoms with E-state index in [0.717, 1.165) is 6.07 Å². The highest BCUT2D eigenvalue weighted by Gasteiger charge is 2.28. The average molecular weight is 278 g/mol. The molecule has 20 heavy (non-hydrogen) atoms. The second-order valence-electron chi connectivity index (χ2n) is 4.30. The fourth-order valence-corrected chi connectivity index (χ4v) is 2.16. The molecule has 0 aromatic carbocycles. The number of ether oxygens (including phenoxy) is 1. The van der Waals surface area contributed by atoms with Gasteiger partial charge in [0.05, 0.1) is 5.56 Å². The molecule has 7 heteroatoms. The van der Waals surface area contributed by atoms with Crippen LogP contribution in [0, 0.1) is 0 Å². The van der Waals surface area contributed by atoms with Gasteiger partial charge in [-0.05, 0) is 12.8 Å². The lowest BCUT2D eigenvalue weighted by Crippen LogP contribution is -2.38. The van der Waals surface area contributed by atoms with E-state index in [1.807, 2.05) is 0 Å². The van der Waals surface area contributed by atoms with Gasteiger partial charge in [-0.3, -0.25) is 9.69 Å². The molecule has 0 saturated heterocycles. The van der Waals surface area contributed by atoms with E-state index < -0.39 is 17.6 Å². The van der Waals surface area contributed by atoms with Crippen molar-refractivity contribution < 1.29 is 19.4 Å². The van der Waals surface area contributed by atoms with Crippen LogP contribution in [0.25, 0.3) is 0 Å². The molecule has 2 N–H and O–H groups in total. The van der Waals surface area contributed by atoms with Gasteiger partial charge in [0.2, 0.25) is 5.56 Å². The summed E-state index contributed by atoms with van der Waals surface area (Å²) in [7, 11) is 0. The summed E-state index contributed by atoms with van der Waals surface area (Å²) in [5.41, 5.74) is -0.201. The van der Waals surface area contributed by atoms with Gasteiger partial charge in [-0.15, -0.1) is 0 Å². The number of pyridine rings is 1. The van der Waals surface area contributed by atoms with Crippen LogP contribution < -0.4 is 10.5 Å². The van der Waals surface area contributed by atoms with Gasteiger partial charge in [0.25, 0.3) is 0 Å². The smallest absolute Gasteiger partial charge is 0.415 e. The lowest BCUT2D eigenvalue weighted by Gasteiger charge is -2.28. The molecule has 0 atom stereocenters. The molecule has 1 aromatic rings. The van der Waals surface area contributed by atoms with Crippen molar-refractivity contribution in [2.45, 2.75) is 12.8 Å². The van der Waals surface area contributed by atoms with E-state index >= 15 is 0 Å². The molecule has 2 heterocycles. The molecule has 1 aliphatic rings. The van der Waals surface area contributed by atoms with E-state index in [1.54, 1.807) is 0 Å². The van der Waals surface area contributed by atoms with E-state index in [-0.39, 0.29) is 18.0 Å². The Hall–Kier alpha value is -2.57. The van der Waals surface area contributed by atoms with Gasteiger partial charge >= 0.3 is 12.1 Å². The SMILES string of the molecule is C=CCOC(=O)N1CCCc2c(C(=O)O)cc(=O)[nH]c21. The quantitative estimate of drug-likeness (QED) is 0.808. The van der Waals surface area contributed by atoms with Crippen LogP contribution in [0.1, 0.15) is 22.3 Å². The number of carboxylic acids is 1. The standard InChI is InChI=1S/C13H14N2O5/c1-2-6-20-13(19)15-5-3-4-8-9(12(17)18)7-10(16)14-11(8)15/h2,7H,1,3-6H2,(H,14,16)(H,17,18). The van der Waals surface area contributed by atoms with Crippen molar-refractivity contribution >= 4 is 17.9 Å². The summed E-state index contributed by atoms with van der Waals surface area (Å²) in [6.45, 7) is 3.85. The Morgan fingerprint density at radius 2 is 2.30 bits per heavy atom. The minimum Gasteiger partial charge on any atom is -0.478 e. The summed E-state index contributed by atoms with van der Waals surface area (Å²) in [6, 6.07) is 1.03. The molecule has 0 radical (unpaired) electrons. The fourth-order valence-electron chi connectivity index (χ4n) is 2.16. The van der Waals surface area contributed by atoms with Crippen molar-refractivity contribution in [3.63, 3.8) is 0 Å². The van der Waals surface area contributed by atoms with Gasteiger partial charge in [0.15, 0.2) is 0 Å².